The third-order valence-electron chi connectivity index (χ3n) is 2.66. The van der Waals surface area contributed by atoms with Gasteiger partial charge in [0.1, 0.15) is 0 Å². The highest BCUT2D eigenvalue weighted by Crippen LogP contribution is 2.23. The SMILES string of the molecule is CCc1ccc(CC(O)c2cnc(C)s2)nc1. The Morgan fingerprint density at radius 3 is 2.65 bits per heavy atom. The molecule has 0 radical (unpaired) electrons. The highest BCUT2D eigenvalue weighted by molar-refractivity contribution is 7.11. The van der Waals surface area contributed by atoms with Gasteiger partial charge in [0.15, 0.2) is 0 Å². The number of nitrogens with zero attached hydrogens (tertiary/aromatic N) is 2. The van der Waals surface area contributed by atoms with Crippen molar-refractivity contribution in [2.45, 2.75) is 32.8 Å². The van der Waals surface area contributed by atoms with Crippen LogP contribution in [-0.2, 0) is 12.8 Å². The number of rotatable bonds is 4. The molecule has 0 aromatic carbocycles. The van der Waals surface area contributed by atoms with Gasteiger partial charge in [-0.2, -0.15) is 0 Å². The first-order valence-electron chi connectivity index (χ1n) is 5.73. The number of thiazole rings is 1. The average Bonchev–Trinajstić information content (AvgIpc) is 2.77. The third-order valence-corrected chi connectivity index (χ3v) is 3.68. The number of aryl methyl sites for hydroxylation is 2. The summed E-state index contributed by atoms with van der Waals surface area (Å²) in [5.74, 6) is 0. The molecule has 0 saturated heterocycles. The van der Waals surface area contributed by atoms with Crippen molar-refractivity contribution >= 4 is 11.3 Å². The number of aliphatic hydroxyl groups is 1. The van der Waals surface area contributed by atoms with Crippen molar-refractivity contribution in [3.8, 4) is 0 Å². The van der Waals surface area contributed by atoms with Crippen LogP contribution in [0.2, 0.25) is 0 Å². The van der Waals surface area contributed by atoms with Gasteiger partial charge in [0.2, 0.25) is 0 Å². The molecule has 17 heavy (non-hydrogen) atoms. The van der Waals surface area contributed by atoms with Gasteiger partial charge in [0.05, 0.1) is 16.0 Å². The van der Waals surface area contributed by atoms with E-state index in [1.165, 1.54) is 16.9 Å². The van der Waals surface area contributed by atoms with E-state index in [0.717, 1.165) is 22.0 Å². The predicted molar refractivity (Wildman–Crippen MR) is 69.1 cm³/mol. The molecule has 2 rings (SSSR count). The zero-order valence-corrected chi connectivity index (χ0v) is 10.9. The fourth-order valence-electron chi connectivity index (χ4n) is 1.62. The summed E-state index contributed by atoms with van der Waals surface area (Å²) >= 11 is 1.53. The fourth-order valence-corrected chi connectivity index (χ4v) is 2.39. The van der Waals surface area contributed by atoms with Gasteiger partial charge in [-0.05, 0) is 25.0 Å². The molecule has 0 aliphatic rings. The predicted octanol–water partition coefficient (Wildman–Crippen LogP) is 2.69. The second-order valence-electron chi connectivity index (χ2n) is 4.01. The molecule has 0 aliphatic carbocycles. The van der Waals surface area contributed by atoms with Gasteiger partial charge in [-0.25, -0.2) is 4.98 Å². The number of hydrogen-bond donors (Lipinski definition) is 1. The molecule has 0 bridgehead atoms. The van der Waals surface area contributed by atoms with Gasteiger partial charge >= 0.3 is 0 Å². The molecule has 0 aliphatic heterocycles. The number of hydrogen-bond acceptors (Lipinski definition) is 4. The van der Waals surface area contributed by atoms with E-state index in [-0.39, 0.29) is 0 Å². The lowest BCUT2D eigenvalue weighted by molar-refractivity contribution is 0.181. The normalized spacial score (nSPS) is 12.6. The Kier molecular flexibility index (Phi) is 3.86. The van der Waals surface area contributed by atoms with E-state index in [1.54, 1.807) is 6.20 Å². The molecule has 2 aromatic heterocycles. The van der Waals surface area contributed by atoms with E-state index in [9.17, 15) is 5.11 Å². The van der Waals surface area contributed by atoms with Crippen molar-refractivity contribution in [3.05, 3.63) is 45.7 Å². The minimum atomic E-state index is -0.499. The minimum Gasteiger partial charge on any atom is -0.387 e. The van der Waals surface area contributed by atoms with Crippen LogP contribution >= 0.6 is 11.3 Å². The Hall–Kier alpha value is -1.26. The highest BCUT2D eigenvalue weighted by Gasteiger charge is 2.12. The summed E-state index contributed by atoms with van der Waals surface area (Å²) in [5.41, 5.74) is 2.14. The molecule has 0 spiro atoms. The van der Waals surface area contributed by atoms with Crippen LogP contribution in [0.1, 0.15) is 34.2 Å². The van der Waals surface area contributed by atoms with Gasteiger partial charge in [-0.1, -0.05) is 13.0 Å². The Labute approximate surface area is 105 Å². The first kappa shape index (κ1) is 12.2. The maximum Gasteiger partial charge on any atom is 0.0953 e. The van der Waals surface area contributed by atoms with Crippen LogP contribution in [0.5, 0.6) is 0 Å². The summed E-state index contributed by atoms with van der Waals surface area (Å²) in [7, 11) is 0. The van der Waals surface area contributed by atoms with E-state index >= 15 is 0 Å². The van der Waals surface area contributed by atoms with Crippen molar-refractivity contribution in [1.29, 1.82) is 0 Å². The van der Waals surface area contributed by atoms with E-state index in [4.69, 9.17) is 0 Å². The van der Waals surface area contributed by atoms with Gasteiger partial charge in [-0.15, -0.1) is 11.3 Å². The largest absolute Gasteiger partial charge is 0.387 e. The molecule has 4 heteroatoms. The molecule has 0 fully saturated rings. The molecule has 3 nitrogen and oxygen atoms in total. The second-order valence-corrected chi connectivity index (χ2v) is 5.28. The fraction of sp³-hybridized carbons (Fsp3) is 0.385. The molecule has 1 unspecified atom stereocenters. The van der Waals surface area contributed by atoms with Gasteiger partial charge in [0, 0.05) is 24.5 Å². The topological polar surface area (TPSA) is 46.0 Å². The summed E-state index contributed by atoms with van der Waals surface area (Å²) in [5, 5.41) is 11.0. The average molecular weight is 248 g/mol. The van der Waals surface area contributed by atoms with Gasteiger partial charge in [-0.3, -0.25) is 4.98 Å². The Morgan fingerprint density at radius 2 is 2.12 bits per heavy atom. The van der Waals surface area contributed by atoms with E-state index in [1.807, 2.05) is 19.2 Å². The van der Waals surface area contributed by atoms with Crippen molar-refractivity contribution in [3.63, 3.8) is 0 Å². The zero-order valence-electron chi connectivity index (χ0n) is 10.1. The van der Waals surface area contributed by atoms with E-state index < -0.39 is 6.10 Å². The van der Waals surface area contributed by atoms with Crippen molar-refractivity contribution in [2.24, 2.45) is 0 Å². The molecule has 0 amide bonds. The third kappa shape index (κ3) is 3.11. The van der Waals surface area contributed by atoms with E-state index in [2.05, 4.69) is 23.0 Å². The number of aliphatic hydroxyl groups excluding tert-OH is 1. The van der Waals surface area contributed by atoms with E-state index in [0.29, 0.717) is 6.42 Å². The van der Waals surface area contributed by atoms with Crippen LogP contribution in [-0.4, -0.2) is 15.1 Å². The molecule has 90 valence electrons. The van der Waals surface area contributed by atoms with Crippen LogP contribution < -0.4 is 0 Å². The van der Waals surface area contributed by atoms with Crippen molar-refractivity contribution in [1.82, 2.24) is 9.97 Å². The molecule has 2 heterocycles. The zero-order chi connectivity index (χ0) is 12.3. The standard InChI is InChI=1S/C13H16N2OS/c1-3-10-4-5-11(15-7-10)6-12(16)13-8-14-9(2)17-13/h4-5,7-8,12,16H,3,6H2,1-2H3. The first-order chi connectivity index (χ1) is 8.19. The molecular weight excluding hydrogens is 232 g/mol. The van der Waals surface area contributed by atoms with Gasteiger partial charge < -0.3 is 5.11 Å². The summed E-state index contributed by atoms with van der Waals surface area (Å²) in [4.78, 5) is 9.40. The lowest BCUT2D eigenvalue weighted by Crippen LogP contribution is -2.01. The molecular formula is C13H16N2OS. The highest BCUT2D eigenvalue weighted by atomic mass is 32.1. The molecule has 0 saturated carbocycles. The second kappa shape index (κ2) is 5.38. The van der Waals surface area contributed by atoms with Crippen LogP contribution in [0.4, 0.5) is 0 Å². The maximum absolute atomic E-state index is 10.0. The Balaban J connectivity index is 2.04. The number of aromatic nitrogens is 2. The summed E-state index contributed by atoms with van der Waals surface area (Å²) in [6.45, 7) is 4.04. The summed E-state index contributed by atoms with van der Waals surface area (Å²) in [6.07, 6.45) is 4.65. The van der Waals surface area contributed by atoms with Crippen molar-refractivity contribution < 1.29 is 5.11 Å². The molecule has 2 aromatic rings. The minimum absolute atomic E-state index is 0.499. The smallest absolute Gasteiger partial charge is 0.0953 e. The monoisotopic (exact) mass is 248 g/mol. The lowest BCUT2D eigenvalue weighted by atomic mass is 10.1. The maximum atomic E-state index is 10.0. The quantitative estimate of drug-likeness (QED) is 0.905. The number of pyridine rings is 1. The van der Waals surface area contributed by atoms with Crippen molar-refractivity contribution in [2.75, 3.05) is 0 Å². The van der Waals surface area contributed by atoms with Crippen LogP contribution in [0.3, 0.4) is 0 Å². The first-order valence-corrected chi connectivity index (χ1v) is 6.55. The Morgan fingerprint density at radius 1 is 1.29 bits per heavy atom. The summed E-state index contributed by atoms with van der Waals surface area (Å²) < 4.78 is 0. The molecule has 1 N–H and O–H groups in total. The van der Waals surface area contributed by atoms with Crippen LogP contribution in [0, 0.1) is 6.92 Å². The Bertz CT molecular complexity index is 478. The van der Waals surface area contributed by atoms with Crippen LogP contribution in [0.25, 0.3) is 0 Å². The summed E-state index contributed by atoms with van der Waals surface area (Å²) in [6, 6.07) is 4.04. The van der Waals surface area contributed by atoms with Crippen LogP contribution in [0.15, 0.2) is 24.5 Å². The molecule has 1 atom stereocenters. The van der Waals surface area contributed by atoms with Gasteiger partial charge in [0.25, 0.3) is 0 Å². The lowest BCUT2D eigenvalue weighted by Gasteiger charge is -2.07.